The molecule has 22 heavy (non-hydrogen) atoms. The second kappa shape index (κ2) is 4.88. The van der Waals surface area contributed by atoms with Crippen molar-refractivity contribution in [2.75, 3.05) is 11.9 Å². The number of rotatable bonds is 2. The molecule has 3 aromatic carbocycles. The average Bonchev–Trinajstić information content (AvgIpc) is 2.93. The Morgan fingerprint density at radius 1 is 0.818 bits per heavy atom. The third-order valence-electron chi connectivity index (χ3n) is 3.96. The van der Waals surface area contributed by atoms with Crippen molar-refractivity contribution in [2.45, 2.75) is 0 Å². The van der Waals surface area contributed by atoms with Gasteiger partial charge in [0, 0.05) is 23.5 Å². The molecule has 0 N–H and O–H groups in total. The average molecular weight is 291 g/mol. The first-order valence-corrected chi connectivity index (χ1v) is 7.13. The monoisotopic (exact) mass is 291 g/mol. The molecule has 0 spiro atoms. The van der Waals surface area contributed by atoms with Crippen molar-refractivity contribution in [1.82, 2.24) is 0 Å². The minimum Gasteiger partial charge on any atom is -0.454 e. The molecule has 0 bridgehead atoms. The number of hydrogen-bond acceptors (Lipinski definition) is 2. The van der Waals surface area contributed by atoms with E-state index in [9.17, 15) is 4.39 Å². The predicted molar refractivity (Wildman–Crippen MR) is 88.2 cm³/mol. The van der Waals surface area contributed by atoms with E-state index in [1.54, 1.807) is 12.1 Å². The Labute approximate surface area is 127 Å². The molecule has 0 aliphatic carbocycles. The Hall–Kier alpha value is -2.81. The van der Waals surface area contributed by atoms with Crippen molar-refractivity contribution >= 4 is 33.3 Å². The second-order valence-electron chi connectivity index (χ2n) is 5.29. The van der Waals surface area contributed by atoms with Crippen molar-refractivity contribution in [2.24, 2.45) is 0 Å². The molecule has 4 aromatic rings. The maximum Gasteiger partial charge on any atom is 0.159 e. The maximum absolute atomic E-state index is 13.1. The van der Waals surface area contributed by atoms with Gasteiger partial charge in [-0.3, -0.25) is 0 Å². The molecule has 1 aromatic heterocycles. The summed E-state index contributed by atoms with van der Waals surface area (Å²) < 4.78 is 19.1. The van der Waals surface area contributed by atoms with E-state index in [-0.39, 0.29) is 5.82 Å². The van der Waals surface area contributed by atoms with Crippen molar-refractivity contribution < 1.29 is 8.81 Å². The molecular weight excluding hydrogens is 277 g/mol. The lowest BCUT2D eigenvalue weighted by molar-refractivity contribution is 0.628. The van der Waals surface area contributed by atoms with Crippen LogP contribution in [0.25, 0.3) is 21.9 Å². The second-order valence-corrected chi connectivity index (χ2v) is 5.29. The Morgan fingerprint density at radius 3 is 2.36 bits per heavy atom. The lowest BCUT2D eigenvalue weighted by atomic mass is 10.1. The van der Waals surface area contributed by atoms with Gasteiger partial charge >= 0.3 is 0 Å². The third kappa shape index (κ3) is 1.94. The van der Waals surface area contributed by atoms with Crippen molar-refractivity contribution in [1.29, 1.82) is 0 Å². The third-order valence-corrected chi connectivity index (χ3v) is 3.96. The van der Waals surface area contributed by atoms with Crippen LogP contribution in [0.5, 0.6) is 0 Å². The first-order chi connectivity index (χ1) is 10.7. The van der Waals surface area contributed by atoms with Crippen LogP contribution in [0.3, 0.4) is 0 Å². The van der Waals surface area contributed by atoms with E-state index in [2.05, 4.69) is 12.1 Å². The number of para-hydroxylation sites is 2. The molecule has 2 nitrogen and oxygen atoms in total. The molecule has 0 amide bonds. The van der Waals surface area contributed by atoms with Crippen LogP contribution < -0.4 is 4.90 Å². The zero-order valence-corrected chi connectivity index (χ0v) is 12.1. The Bertz CT molecular complexity index is 956. The smallest absolute Gasteiger partial charge is 0.159 e. The number of benzene rings is 3. The van der Waals surface area contributed by atoms with Crippen molar-refractivity contribution in [3.05, 3.63) is 72.5 Å². The predicted octanol–water partition coefficient (Wildman–Crippen LogP) is 5.49. The summed E-state index contributed by atoms with van der Waals surface area (Å²) in [5.41, 5.74) is 3.59. The normalized spacial score (nSPS) is 11.2. The number of fused-ring (bicyclic) bond motifs is 3. The molecule has 108 valence electrons. The fourth-order valence-electron chi connectivity index (χ4n) is 2.80. The van der Waals surface area contributed by atoms with Gasteiger partial charge in [-0.25, -0.2) is 4.39 Å². The van der Waals surface area contributed by atoms with Gasteiger partial charge in [0.15, 0.2) is 5.58 Å². The van der Waals surface area contributed by atoms with Crippen LogP contribution in [-0.4, -0.2) is 7.05 Å². The molecule has 0 fully saturated rings. The summed E-state index contributed by atoms with van der Waals surface area (Å²) in [7, 11) is 1.95. The van der Waals surface area contributed by atoms with Crippen LogP contribution in [0.4, 0.5) is 15.8 Å². The van der Waals surface area contributed by atoms with Gasteiger partial charge in [0.1, 0.15) is 11.4 Å². The van der Waals surface area contributed by atoms with Gasteiger partial charge in [0.05, 0.1) is 5.69 Å². The highest BCUT2D eigenvalue weighted by Gasteiger charge is 2.14. The number of furan rings is 1. The van der Waals surface area contributed by atoms with Crippen LogP contribution in [0.1, 0.15) is 0 Å². The standard InChI is InChI=1S/C19H14FNO/c1-21(14-11-9-13(20)10-12-14)17-7-4-6-16-15-5-2-3-8-18(15)22-19(16)17/h2-12H,1H3. The van der Waals surface area contributed by atoms with Crippen molar-refractivity contribution in [3.8, 4) is 0 Å². The highest BCUT2D eigenvalue weighted by atomic mass is 19.1. The fourth-order valence-corrected chi connectivity index (χ4v) is 2.80. The van der Waals surface area contributed by atoms with Gasteiger partial charge in [-0.15, -0.1) is 0 Å². The molecule has 0 saturated carbocycles. The quantitative estimate of drug-likeness (QED) is 0.485. The van der Waals surface area contributed by atoms with Gasteiger partial charge in [0.2, 0.25) is 0 Å². The van der Waals surface area contributed by atoms with E-state index in [0.717, 1.165) is 33.3 Å². The Balaban J connectivity index is 1.92. The number of halogens is 1. The summed E-state index contributed by atoms with van der Waals surface area (Å²) in [6.45, 7) is 0. The van der Waals surface area contributed by atoms with Crippen LogP contribution in [-0.2, 0) is 0 Å². The van der Waals surface area contributed by atoms with Crippen LogP contribution in [0.2, 0.25) is 0 Å². The Kier molecular flexibility index (Phi) is 2.86. The number of nitrogens with zero attached hydrogens (tertiary/aromatic N) is 1. The van der Waals surface area contributed by atoms with Gasteiger partial charge in [0.25, 0.3) is 0 Å². The largest absolute Gasteiger partial charge is 0.454 e. The molecule has 0 atom stereocenters. The molecule has 0 unspecified atom stereocenters. The lowest BCUT2D eigenvalue weighted by Gasteiger charge is -2.19. The summed E-state index contributed by atoms with van der Waals surface area (Å²) in [4.78, 5) is 2.00. The molecule has 3 heteroatoms. The minimum atomic E-state index is -0.237. The van der Waals surface area contributed by atoms with E-state index >= 15 is 0 Å². The highest BCUT2D eigenvalue weighted by molar-refractivity contribution is 6.09. The first kappa shape index (κ1) is 12.9. The summed E-state index contributed by atoms with van der Waals surface area (Å²) in [5, 5.41) is 2.19. The van der Waals surface area contributed by atoms with Gasteiger partial charge in [-0.2, -0.15) is 0 Å². The lowest BCUT2D eigenvalue weighted by Crippen LogP contribution is -2.09. The molecular formula is C19H14FNO. The van der Waals surface area contributed by atoms with Gasteiger partial charge in [-0.05, 0) is 36.4 Å². The first-order valence-electron chi connectivity index (χ1n) is 7.13. The summed E-state index contributed by atoms with van der Waals surface area (Å²) in [5.74, 6) is -0.237. The number of hydrogen-bond donors (Lipinski definition) is 0. The minimum absolute atomic E-state index is 0.237. The summed E-state index contributed by atoms with van der Waals surface area (Å²) in [6.07, 6.45) is 0. The van der Waals surface area contributed by atoms with Gasteiger partial charge in [-0.1, -0.05) is 30.3 Å². The van der Waals surface area contributed by atoms with E-state index < -0.39 is 0 Å². The maximum atomic E-state index is 13.1. The Morgan fingerprint density at radius 2 is 1.55 bits per heavy atom. The molecule has 0 aliphatic rings. The zero-order valence-electron chi connectivity index (χ0n) is 12.1. The van der Waals surface area contributed by atoms with E-state index in [4.69, 9.17) is 4.42 Å². The van der Waals surface area contributed by atoms with E-state index in [0.29, 0.717) is 0 Å². The molecule has 1 heterocycles. The zero-order chi connectivity index (χ0) is 15.1. The van der Waals surface area contributed by atoms with Crippen LogP contribution in [0, 0.1) is 5.82 Å². The number of anilines is 2. The molecule has 0 saturated heterocycles. The topological polar surface area (TPSA) is 16.4 Å². The van der Waals surface area contributed by atoms with Gasteiger partial charge < -0.3 is 9.32 Å². The molecule has 4 rings (SSSR count). The summed E-state index contributed by atoms with van der Waals surface area (Å²) >= 11 is 0. The highest BCUT2D eigenvalue weighted by Crippen LogP contribution is 2.36. The molecule has 0 aliphatic heterocycles. The summed E-state index contributed by atoms with van der Waals surface area (Å²) in [6, 6.07) is 20.5. The van der Waals surface area contributed by atoms with Crippen molar-refractivity contribution in [3.63, 3.8) is 0 Å². The van der Waals surface area contributed by atoms with Crippen LogP contribution >= 0.6 is 0 Å². The fraction of sp³-hybridized carbons (Fsp3) is 0.0526. The van der Waals surface area contributed by atoms with Crippen LogP contribution in [0.15, 0.2) is 71.1 Å². The SMILES string of the molecule is CN(c1ccc(F)cc1)c1cccc2c1oc1ccccc12. The molecule has 0 radical (unpaired) electrons. The van der Waals surface area contributed by atoms with E-state index in [1.165, 1.54) is 12.1 Å². The van der Waals surface area contributed by atoms with E-state index in [1.807, 2.05) is 42.3 Å².